The van der Waals surface area contributed by atoms with Gasteiger partial charge in [0, 0.05) is 38.0 Å². The maximum Gasteiger partial charge on any atom is 0.191 e. The normalized spacial score (nSPS) is 12.8. The van der Waals surface area contributed by atoms with Gasteiger partial charge in [0.2, 0.25) is 0 Å². The molecule has 0 bridgehead atoms. The molecular formula is C20H30N4OS. The molecule has 0 saturated carbocycles. The van der Waals surface area contributed by atoms with Crippen molar-refractivity contribution in [3.63, 3.8) is 0 Å². The largest absolute Gasteiger partial charge is 0.374 e. The molecule has 1 heterocycles. The Labute approximate surface area is 160 Å². The van der Waals surface area contributed by atoms with E-state index in [0.29, 0.717) is 6.61 Å². The van der Waals surface area contributed by atoms with Crippen LogP contribution in [0.5, 0.6) is 0 Å². The Hall–Kier alpha value is -1.92. The molecule has 2 N–H and O–H groups in total. The first kappa shape index (κ1) is 20.4. The number of ether oxygens (including phenoxy) is 1. The summed E-state index contributed by atoms with van der Waals surface area (Å²) in [7, 11) is 0. The lowest BCUT2D eigenvalue weighted by atomic mass is 10.1. The first-order chi connectivity index (χ1) is 12.7. The first-order valence-electron chi connectivity index (χ1n) is 9.28. The van der Waals surface area contributed by atoms with Crippen LogP contribution >= 0.6 is 11.3 Å². The van der Waals surface area contributed by atoms with Crippen molar-refractivity contribution in [3.05, 3.63) is 52.0 Å². The van der Waals surface area contributed by atoms with E-state index in [0.717, 1.165) is 49.1 Å². The van der Waals surface area contributed by atoms with E-state index in [1.165, 1.54) is 5.56 Å². The maximum absolute atomic E-state index is 5.89. The molecule has 0 amide bonds. The van der Waals surface area contributed by atoms with E-state index in [1.807, 2.05) is 25.1 Å². The van der Waals surface area contributed by atoms with Gasteiger partial charge >= 0.3 is 0 Å². The van der Waals surface area contributed by atoms with Crippen molar-refractivity contribution in [2.45, 2.75) is 39.7 Å². The van der Waals surface area contributed by atoms with Gasteiger partial charge in [0.15, 0.2) is 5.96 Å². The van der Waals surface area contributed by atoms with Crippen LogP contribution in [0.3, 0.4) is 0 Å². The molecule has 0 radical (unpaired) electrons. The van der Waals surface area contributed by atoms with Crippen LogP contribution in [0.1, 0.15) is 42.6 Å². The highest BCUT2D eigenvalue weighted by molar-refractivity contribution is 7.09. The van der Waals surface area contributed by atoms with Gasteiger partial charge in [-0.1, -0.05) is 30.3 Å². The van der Waals surface area contributed by atoms with Crippen molar-refractivity contribution in [2.24, 2.45) is 4.99 Å². The van der Waals surface area contributed by atoms with Gasteiger partial charge in [0.25, 0.3) is 0 Å². The monoisotopic (exact) mass is 374 g/mol. The third kappa shape index (κ3) is 7.54. The van der Waals surface area contributed by atoms with E-state index in [9.17, 15) is 0 Å². The third-order valence-corrected chi connectivity index (χ3v) is 4.72. The summed E-state index contributed by atoms with van der Waals surface area (Å²) in [5.74, 6) is 0.857. The number of aromatic nitrogens is 1. The molecule has 1 aromatic heterocycles. The zero-order chi connectivity index (χ0) is 18.6. The number of thiazole rings is 1. The fourth-order valence-corrected chi connectivity index (χ4v) is 3.16. The van der Waals surface area contributed by atoms with E-state index < -0.39 is 0 Å². The van der Waals surface area contributed by atoms with Crippen LogP contribution in [0.4, 0.5) is 0 Å². The van der Waals surface area contributed by atoms with Gasteiger partial charge in [0.1, 0.15) is 0 Å². The molecule has 0 aliphatic rings. The second-order valence-electron chi connectivity index (χ2n) is 6.07. The summed E-state index contributed by atoms with van der Waals surface area (Å²) in [5, 5.41) is 9.88. The van der Waals surface area contributed by atoms with Crippen LogP contribution in [0.2, 0.25) is 0 Å². The zero-order valence-electron chi connectivity index (χ0n) is 16.0. The summed E-state index contributed by atoms with van der Waals surface area (Å²) < 4.78 is 5.89. The number of hydrogen-bond donors (Lipinski definition) is 2. The van der Waals surface area contributed by atoms with Gasteiger partial charge in [-0.05, 0) is 32.8 Å². The number of aliphatic imine (C=N–C) groups is 1. The van der Waals surface area contributed by atoms with Crippen molar-refractivity contribution < 1.29 is 4.74 Å². The number of nitrogens with zero attached hydrogens (tertiary/aromatic N) is 2. The van der Waals surface area contributed by atoms with Gasteiger partial charge < -0.3 is 15.4 Å². The minimum atomic E-state index is 0.119. The Morgan fingerprint density at radius 1 is 1.27 bits per heavy atom. The maximum atomic E-state index is 5.89. The van der Waals surface area contributed by atoms with E-state index in [-0.39, 0.29) is 6.10 Å². The third-order valence-electron chi connectivity index (χ3n) is 3.89. The topological polar surface area (TPSA) is 58.5 Å². The Bertz CT molecular complexity index is 657. The predicted octanol–water partition coefficient (Wildman–Crippen LogP) is 3.72. The zero-order valence-corrected chi connectivity index (χ0v) is 16.8. The Kier molecular flexibility index (Phi) is 9.14. The fraction of sp³-hybridized carbons (Fsp3) is 0.500. The van der Waals surface area contributed by atoms with Gasteiger partial charge in [-0.3, -0.25) is 4.99 Å². The molecule has 142 valence electrons. The molecule has 6 heteroatoms. The summed E-state index contributed by atoms with van der Waals surface area (Å²) in [6.07, 6.45) is 1.93. The van der Waals surface area contributed by atoms with E-state index >= 15 is 0 Å². The van der Waals surface area contributed by atoms with Gasteiger partial charge in [-0.15, -0.1) is 11.3 Å². The second kappa shape index (κ2) is 11.6. The number of guanidine groups is 1. The van der Waals surface area contributed by atoms with Crippen molar-refractivity contribution in [1.29, 1.82) is 0 Å². The second-order valence-corrected chi connectivity index (χ2v) is 7.13. The Balaban J connectivity index is 1.66. The van der Waals surface area contributed by atoms with Crippen molar-refractivity contribution >= 4 is 17.3 Å². The molecule has 1 atom stereocenters. The lowest BCUT2D eigenvalue weighted by Crippen LogP contribution is -2.38. The molecule has 26 heavy (non-hydrogen) atoms. The van der Waals surface area contributed by atoms with E-state index in [4.69, 9.17) is 4.74 Å². The number of aryl methyl sites for hydroxylation is 1. The molecular weight excluding hydrogens is 344 g/mol. The number of rotatable bonds is 10. The molecule has 2 aromatic rings. The molecule has 0 aliphatic heterocycles. The van der Waals surface area contributed by atoms with Crippen molar-refractivity contribution in [3.8, 4) is 0 Å². The number of nitrogens with one attached hydrogen (secondary N) is 2. The van der Waals surface area contributed by atoms with Crippen LogP contribution in [0, 0.1) is 6.92 Å². The van der Waals surface area contributed by atoms with Gasteiger partial charge in [-0.2, -0.15) is 0 Å². The summed E-state index contributed by atoms with van der Waals surface area (Å²) in [4.78, 5) is 9.10. The quantitative estimate of drug-likeness (QED) is 0.378. The average molecular weight is 375 g/mol. The molecule has 0 spiro atoms. The molecule has 0 saturated heterocycles. The smallest absolute Gasteiger partial charge is 0.191 e. The highest BCUT2D eigenvalue weighted by Gasteiger charge is 2.04. The minimum absolute atomic E-state index is 0.119. The summed E-state index contributed by atoms with van der Waals surface area (Å²) in [5.41, 5.74) is 2.35. The summed E-state index contributed by atoms with van der Waals surface area (Å²) in [6, 6.07) is 10.3. The van der Waals surface area contributed by atoms with Crippen LogP contribution in [-0.4, -0.2) is 37.2 Å². The van der Waals surface area contributed by atoms with Gasteiger partial charge in [0.05, 0.1) is 16.8 Å². The SMILES string of the molecule is CCNC(=NCCCOC(C)c1ccccc1)NCCc1csc(C)n1. The predicted molar refractivity (Wildman–Crippen MR) is 110 cm³/mol. The van der Waals surface area contributed by atoms with Crippen molar-refractivity contribution in [1.82, 2.24) is 15.6 Å². The highest BCUT2D eigenvalue weighted by Crippen LogP contribution is 2.15. The minimum Gasteiger partial charge on any atom is -0.374 e. The van der Waals surface area contributed by atoms with Crippen LogP contribution in [0.25, 0.3) is 0 Å². The van der Waals surface area contributed by atoms with Crippen molar-refractivity contribution in [2.75, 3.05) is 26.2 Å². The molecule has 0 fully saturated rings. The molecule has 1 unspecified atom stereocenters. The van der Waals surface area contributed by atoms with Crippen LogP contribution in [-0.2, 0) is 11.2 Å². The van der Waals surface area contributed by atoms with Crippen LogP contribution < -0.4 is 10.6 Å². The number of benzene rings is 1. The molecule has 1 aromatic carbocycles. The average Bonchev–Trinajstić information content (AvgIpc) is 3.07. The summed E-state index contributed by atoms with van der Waals surface area (Å²) >= 11 is 1.69. The van der Waals surface area contributed by atoms with E-state index in [1.54, 1.807) is 11.3 Å². The van der Waals surface area contributed by atoms with E-state index in [2.05, 4.69) is 52.0 Å². The fourth-order valence-electron chi connectivity index (χ4n) is 2.51. The number of hydrogen-bond acceptors (Lipinski definition) is 4. The summed E-state index contributed by atoms with van der Waals surface area (Å²) in [6.45, 7) is 9.33. The standard InChI is InChI=1S/C20H30N4OS/c1-4-21-20(23-13-11-19-15-26-17(3)24-19)22-12-8-14-25-16(2)18-9-6-5-7-10-18/h5-7,9-10,15-16H,4,8,11-14H2,1-3H3,(H2,21,22,23). The Morgan fingerprint density at radius 2 is 2.08 bits per heavy atom. The molecule has 5 nitrogen and oxygen atoms in total. The molecule has 0 aliphatic carbocycles. The Morgan fingerprint density at radius 3 is 2.77 bits per heavy atom. The molecule has 2 rings (SSSR count). The van der Waals surface area contributed by atoms with Crippen LogP contribution in [0.15, 0.2) is 40.7 Å². The highest BCUT2D eigenvalue weighted by atomic mass is 32.1. The lowest BCUT2D eigenvalue weighted by Gasteiger charge is -2.13. The first-order valence-corrected chi connectivity index (χ1v) is 10.2. The van der Waals surface area contributed by atoms with Gasteiger partial charge in [-0.25, -0.2) is 4.98 Å². The lowest BCUT2D eigenvalue weighted by molar-refractivity contribution is 0.0652.